The molecule has 0 bridgehead atoms. The van der Waals surface area contributed by atoms with Crippen LogP contribution in [0.25, 0.3) is 0 Å². The number of nitrogens with two attached hydrogens (primary N) is 1. The van der Waals surface area contributed by atoms with Crippen LogP contribution in [0.15, 0.2) is 0 Å². The predicted octanol–water partition coefficient (Wildman–Crippen LogP) is -1.28. The number of aldehydes is 1. The van der Waals surface area contributed by atoms with Crippen molar-refractivity contribution in [1.82, 2.24) is 0 Å². The first-order valence-electron chi connectivity index (χ1n) is 1.77. The second-order valence-corrected chi connectivity index (χ2v) is 4.85. The van der Waals surface area contributed by atoms with E-state index < -0.39 is 0 Å². The molecule has 4 heteroatoms. The fourth-order valence-electron chi connectivity index (χ4n) is 0.118. The summed E-state index contributed by atoms with van der Waals surface area (Å²) in [4.78, 5) is 9.77. The van der Waals surface area contributed by atoms with Crippen molar-refractivity contribution in [1.29, 1.82) is 0 Å². The van der Waals surface area contributed by atoms with Crippen molar-refractivity contribution in [2.45, 2.75) is 11.4 Å². The molecule has 1 unspecified atom stereocenters. The normalized spacial score (nSPS) is 13.4. The van der Waals surface area contributed by atoms with E-state index in [4.69, 9.17) is 5.73 Å². The zero-order chi connectivity index (χ0) is 5.70. The molecule has 0 aromatic carbocycles. The quantitative estimate of drug-likeness (QED) is 0.484. The van der Waals surface area contributed by atoms with E-state index in [0.717, 1.165) is 11.6 Å². The summed E-state index contributed by atoms with van der Waals surface area (Å²) in [7, 11) is 0. The average molecular weight is 230 g/mol. The van der Waals surface area contributed by atoms with Crippen LogP contribution in [-0.2, 0) is 4.79 Å². The first-order chi connectivity index (χ1) is 3.31. The number of hydrogen-bond acceptors (Lipinski definition) is 2. The Labute approximate surface area is 55.7 Å². The SMILES string of the molecule is NC(C=O)C[Se][Se]. The van der Waals surface area contributed by atoms with Crippen LogP contribution in [0.5, 0.6) is 0 Å². The van der Waals surface area contributed by atoms with Crippen LogP contribution in [0.1, 0.15) is 0 Å². The van der Waals surface area contributed by atoms with Crippen LogP contribution in [0, 0.1) is 0 Å². The molecule has 0 saturated carbocycles. The number of carbonyl (C=O) groups excluding carboxylic acids is 1. The van der Waals surface area contributed by atoms with E-state index in [1.807, 2.05) is 0 Å². The molecule has 0 aliphatic rings. The van der Waals surface area contributed by atoms with Crippen LogP contribution >= 0.6 is 0 Å². The van der Waals surface area contributed by atoms with Gasteiger partial charge in [-0.25, -0.2) is 0 Å². The van der Waals surface area contributed by atoms with Gasteiger partial charge < -0.3 is 0 Å². The molecule has 0 spiro atoms. The van der Waals surface area contributed by atoms with E-state index in [1.165, 1.54) is 0 Å². The Balaban J connectivity index is 2.98. The Bertz CT molecular complexity index is 58.9. The molecule has 0 amide bonds. The Morgan fingerprint density at radius 2 is 2.57 bits per heavy atom. The molecule has 41 valence electrons. The molecule has 0 aliphatic heterocycles. The van der Waals surface area contributed by atoms with Gasteiger partial charge in [0.05, 0.1) is 0 Å². The van der Waals surface area contributed by atoms with Crippen molar-refractivity contribution < 1.29 is 4.79 Å². The van der Waals surface area contributed by atoms with Crippen molar-refractivity contribution >= 4 is 33.6 Å². The third-order valence-electron chi connectivity index (χ3n) is 0.435. The molecule has 2 N–H and O–H groups in total. The van der Waals surface area contributed by atoms with E-state index in [9.17, 15) is 4.79 Å². The first-order valence-corrected chi connectivity index (χ1v) is 7.31. The van der Waals surface area contributed by atoms with Gasteiger partial charge in [0.25, 0.3) is 0 Å². The molecule has 0 aliphatic carbocycles. The Morgan fingerprint density at radius 3 is 2.71 bits per heavy atom. The Kier molecular flexibility index (Phi) is 5.28. The standard InChI is InChI=1S/C3H6NOSe2/c4-3(1-5)2-7-6/h1,3H,2,4H2. The molecule has 1 radical (unpaired) electrons. The van der Waals surface area contributed by atoms with E-state index in [2.05, 4.69) is 14.2 Å². The molecule has 0 aromatic rings. The number of rotatable bonds is 3. The van der Waals surface area contributed by atoms with Gasteiger partial charge >= 0.3 is 55.5 Å². The number of carbonyl (C=O) groups is 1. The summed E-state index contributed by atoms with van der Waals surface area (Å²) in [5, 5.41) is 0.816. The second-order valence-electron chi connectivity index (χ2n) is 1.08. The van der Waals surface area contributed by atoms with Gasteiger partial charge in [-0.15, -0.1) is 0 Å². The van der Waals surface area contributed by atoms with Gasteiger partial charge in [-0.2, -0.15) is 0 Å². The monoisotopic (exact) mass is 232 g/mol. The summed E-state index contributed by atoms with van der Waals surface area (Å²) in [6.07, 6.45) is 0.777. The van der Waals surface area contributed by atoms with Gasteiger partial charge in [-0.1, -0.05) is 0 Å². The van der Waals surface area contributed by atoms with Gasteiger partial charge in [0.1, 0.15) is 0 Å². The molecule has 0 fully saturated rings. The maximum absolute atomic E-state index is 9.77. The van der Waals surface area contributed by atoms with E-state index in [-0.39, 0.29) is 6.04 Å². The van der Waals surface area contributed by atoms with Crippen LogP contribution in [0.4, 0.5) is 0 Å². The average Bonchev–Trinajstić information content (AvgIpc) is 1.68. The molecule has 2 nitrogen and oxygen atoms in total. The van der Waals surface area contributed by atoms with E-state index >= 15 is 0 Å². The topological polar surface area (TPSA) is 43.1 Å². The van der Waals surface area contributed by atoms with Crippen molar-refractivity contribution in [3.8, 4) is 0 Å². The van der Waals surface area contributed by atoms with Crippen molar-refractivity contribution in [3.63, 3.8) is 0 Å². The molecular formula is C3H6NOSe2. The summed E-state index contributed by atoms with van der Waals surface area (Å²) < 4.78 is 0. The van der Waals surface area contributed by atoms with Gasteiger partial charge in [-0.05, 0) is 0 Å². The van der Waals surface area contributed by atoms with Gasteiger partial charge in [-0.3, -0.25) is 0 Å². The Hall–Kier alpha value is 0.669. The molecule has 1 atom stereocenters. The third kappa shape index (κ3) is 4.52. The molecule has 0 rings (SSSR count). The van der Waals surface area contributed by atoms with Gasteiger partial charge in [0, 0.05) is 0 Å². The predicted molar refractivity (Wildman–Crippen MR) is 30.4 cm³/mol. The molecule has 0 saturated heterocycles. The minimum absolute atomic E-state index is 0.235. The molecule has 7 heavy (non-hydrogen) atoms. The minimum atomic E-state index is -0.235. The zero-order valence-corrected chi connectivity index (χ0v) is 7.09. The van der Waals surface area contributed by atoms with E-state index in [1.54, 1.807) is 0 Å². The zero-order valence-electron chi connectivity index (χ0n) is 3.66. The van der Waals surface area contributed by atoms with Crippen LogP contribution in [-0.4, -0.2) is 39.6 Å². The summed E-state index contributed by atoms with van der Waals surface area (Å²) in [6.45, 7) is 0. The van der Waals surface area contributed by atoms with Crippen molar-refractivity contribution in [3.05, 3.63) is 0 Å². The van der Waals surface area contributed by atoms with Gasteiger partial charge in [0.15, 0.2) is 0 Å². The second kappa shape index (κ2) is 4.82. The fraction of sp³-hybridized carbons (Fsp3) is 0.667. The van der Waals surface area contributed by atoms with Crippen LogP contribution in [0.3, 0.4) is 0 Å². The fourth-order valence-corrected chi connectivity index (χ4v) is 2.33. The Morgan fingerprint density at radius 1 is 2.00 bits per heavy atom. The maximum atomic E-state index is 9.77. The number of hydrogen-bond donors (Lipinski definition) is 1. The van der Waals surface area contributed by atoms with Crippen LogP contribution in [0.2, 0.25) is 5.32 Å². The molecular weight excluding hydrogens is 224 g/mol. The third-order valence-corrected chi connectivity index (χ3v) is 3.01. The van der Waals surface area contributed by atoms with Crippen molar-refractivity contribution in [2.24, 2.45) is 5.73 Å². The van der Waals surface area contributed by atoms with E-state index in [0.29, 0.717) is 13.1 Å². The van der Waals surface area contributed by atoms with Crippen molar-refractivity contribution in [2.75, 3.05) is 0 Å². The van der Waals surface area contributed by atoms with Crippen LogP contribution < -0.4 is 5.73 Å². The first kappa shape index (κ1) is 7.67. The molecule has 0 heterocycles. The van der Waals surface area contributed by atoms with Gasteiger partial charge in [0.2, 0.25) is 0 Å². The molecule has 0 aromatic heterocycles. The summed E-state index contributed by atoms with van der Waals surface area (Å²) in [5.74, 6) is 0. The summed E-state index contributed by atoms with van der Waals surface area (Å²) in [6, 6.07) is -0.235. The summed E-state index contributed by atoms with van der Waals surface area (Å²) in [5.41, 5.74) is 5.21. The summed E-state index contributed by atoms with van der Waals surface area (Å²) >= 11 is 3.25.